The molecule has 1 aliphatic heterocycles. The van der Waals surface area contributed by atoms with E-state index >= 15 is 0 Å². The number of halogens is 2. The molecule has 2 aromatic carbocycles. The molecule has 0 aliphatic carbocycles. The third kappa shape index (κ3) is 5.21. The molecule has 5 heteroatoms. The molecule has 1 amide bonds. The number of piperidine rings is 1. The molecule has 1 saturated heterocycles. The lowest BCUT2D eigenvalue weighted by Crippen LogP contribution is -3.14. The SMILES string of the molecule is O=C(C[NH+]1CCC(Cc2ccccc2)CC1)Nc1c(Cl)cccc1Cl. The summed E-state index contributed by atoms with van der Waals surface area (Å²) >= 11 is 12.2. The maximum Gasteiger partial charge on any atom is 0.279 e. The van der Waals surface area contributed by atoms with E-state index in [2.05, 4.69) is 35.6 Å². The summed E-state index contributed by atoms with van der Waals surface area (Å²) in [6.45, 7) is 2.52. The van der Waals surface area contributed by atoms with E-state index in [1.54, 1.807) is 18.2 Å². The highest BCUT2D eigenvalue weighted by Crippen LogP contribution is 2.29. The maximum absolute atomic E-state index is 12.3. The minimum absolute atomic E-state index is 0.0356. The van der Waals surface area contributed by atoms with Crippen LogP contribution in [0.1, 0.15) is 18.4 Å². The molecule has 0 radical (unpaired) electrons. The first kappa shape index (κ1) is 18.2. The van der Waals surface area contributed by atoms with Crippen LogP contribution in [0.5, 0.6) is 0 Å². The molecular formula is C20H23Cl2N2O+. The van der Waals surface area contributed by atoms with Gasteiger partial charge in [-0.15, -0.1) is 0 Å². The number of nitrogens with one attached hydrogen (secondary N) is 2. The van der Waals surface area contributed by atoms with Crippen LogP contribution in [0.25, 0.3) is 0 Å². The van der Waals surface area contributed by atoms with Crippen LogP contribution in [-0.4, -0.2) is 25.5 Å². The lowest BCUT2D eigenvalue weighted by Gasteiger charge is -2.29. The van der Waals surface area contributed by atoms with Gasteiger partial charge in [0.2, 0.25) is 0 Å². The summed E-state index contributed by atoms with van der Waals surface area (Å²) in [5, 5.41) is 3.79. The van der Waals surface area contributed by atoms with E-state index in [1.807, 2.05) is 0 Å². The third-order valence-corrected chi connectivity index (χ3v) is 5.45. The molecule has 1 heterocycles. The summed E-state index contributed by atoms with van der Waals surface area (Å²) in [6.07, 6.45) is 3.45. The minimum Gasteiger partial charge on any atom is -0.327 e. The largest absolute Gasteiger partial charge is 0.327 e. The predicted molar refractivity (Wildman–Crippen MR) is 104 cm³/mol. The van der Waals surface area contributed by atoms with Gasteiger partial charge >= 0.3 is 0 Å². The number of hydrogen-bond acceptors (Lipinski definition) is 1. The molecule has 0 unspecified atom stereocenters. The fraction of sp³-hybridized carbons (Fsp3) is 0.350. The van der Waals surface area contributed by atoms with Gasteiger partial charge in [0.1, 0.15) is 0 Å². The van der Waals surface area contributed by atoms with Crippen molar-refractivity contribution in [2.24, 2.45) is 5.92 Å². The Kier molecular flexibility index (Phi) is 6.35. The number of para-hydroxylation sites is 1. The van der Waals surface area contributed by atoms with Gasteiger partial charge in [0.05, 0.1) is 28.8 Å². The second-order valence-corrected chi connectivity index (χ2v) is 7.52. The Morgan fingerprint density at radius 2 is 1.64 bits per heavy atom. The van der Waals surface area contributed by atoms with Gasteiger partial charge in [-0.05, 0) is 42.9 Å². The molecule has 1 aliphatic rings. The van der Waals surface area contributed by atoms with E-state index in [0.717, 1.165) is 32.4 Å². The van der Waals surface area contributed by atoms with E-state index in [1.165, 1.54) is 10.5 Å². The smallest absolute Gasteiger partial charge is 0.279 e. The lowest BCUT2D eigenvalue weighted by molar-refractivity contribution is -0.898. The molecule has 0 saturated carbocycles. The Balaban J connectivity index is 1.46. The van der Waals surface area contributed by atoms with E-state index in [4.69, 9.17) is 23.2 Å². The number of anilines is 1. The number of hydrogen-bond donors (Lipinski definition) is 2. The highest BCUT2D eigenvalue weighted by molar-refractivity contribution is 6.39. The molecule has 3 rings (SSSR count). The number of likely N-dealkylation sites (tertiary alicyclic amines) is 1. The molecule has 3 nitrogen and oxygen atoms in total. The van der Waals surface area contributed by atoms with Gasteiger partial charge in [-0.25, -0.2) is 0 Å². The summed E-state index contributed by atoms with van der Waals surface area (Å²) in [5.74, 6) is 0.679. The number of carbonyl (C=O) groups excluding carboxylic acids is 1. The lowest BCUT2D eigenvalue weighted by atomic mass is 9.90. The summed E-state index contributed by atoms with van der Waals surface area (Å²) < 4.78 is 0. The van der Waals surface area contributed by atoms with E-state index in [9.17, 15) is 4.79 Å². The van der Waals surface area contributed by atoms with Crippen LogP contribution in [0.4, 0.5) is 5.69 Å². The third-order valence-electron chi connectivity index (χ3n) is 4.82. The Labute approximate surface area is 158 Å². The molecular weight excluding hydrogens is 355 g/mol. The van der Waals surface area contributed by atoms with Crippen molar-refractivity contribution < 1.29 is 9.69 Å². The van der Waals surface area contributed by atoms with Crippen molar-refractivity contribution >= 4 is 34.8 Å². The summed E-state index contributed by atoms with van der Waals surface area (Å²) in [6, 6.07) is 15.9. The van der Waals surface area contributed by atoms with E-state index < -0.39 is 0 Å². The Morgan fingerprint density at radius 3 is 2.28 bits per heavy atom. The molecule has 0 bridgehead atoms. The van der Waals surface area contributed by atoms with Crippen LogP contribution >= 0.6 is 23.2 Å². The first-order chi connectivity index (χ1) is 12.1. The molecule has 1 fully saturated rings. The van der Waals surface area contributed by atoms with Crippen LogP contribution in [0.2, 0.25) is 10.0 Å². The summed E-state index contributed by atoms with van der Waals surface area (Å²) in [4.78, 5) is 13.6. The fourth-order valence-electron chi connectivity index (χ4n) is 3.44. The molecule has 0 aromatic heterocycles. The molecule has 132 valence electrons. The average Bonchev–Trinajstić information content (AvgIpc) is 2.61. The zero-order valence-corrected chi connectivity index (χ0v) is 15.6. The monoisotopic (exact) mass is 377 g/mol. The second kappa shape index (κ2) is 8.70. The van der Waals surface area contributed by atoms with Crippen molar-refractivity contribution in [2.75, 3.05) is 25.0 Å². The van der Waals surface area contributed by atoms with Gasteiger partial charge in [0.25, 0.3) is 5.91 Å². The van der Waals surface area contributed by atoms with Crippen molar-refractivity contribution in [3.63, 3.8) is 0 Å². The van der Waals surface area contributed by atoms with Crippen LogP contribution in [0, 0.1) is 5.92 Å². The Morgan fingerprint density at radius 1 is 1.00 bits per heavy atom. The van der Waals surface area contributed by atoms with E-state index in [-0.39, 0.29) is 5.91 Å². The first-order valence-electron chi connectivity index (χ1n) is 8.73. The van der Waals surface area contributed by atoms with Crippen molar-refractivity contribution in [3.05, 3.63) is 64.1 Å². The quantitative estimate of drug-likeness (QED) is 0.821. The topological polar surface area (TPSA) is 33.5 Å². The van der Waals surface area contributed by atoms with Crippen LogP contribution in [0.15, 0.2) is 48.5 Å². The normalized spacial score (nSPS) is 20.2. The standard InChI is InChI=1S/C20H22Cl2N2O/c21-17-7-4-8-18(22)20(17)23-19(25)14-24-11-9-16(10-12-24)13-15-5-2-1-3-6-15/h1-8,16H,9-14H2,(H,23,25)/p+1. The molecule has 2 aromatic rings. The zero-order valence-electron chi connectivity index (χ0n) is 14.1. The number of amides is 1. The van der Waals surface area contributed by atoms with Crippen molar-refractivity contribution in [2.45, 2.75) is 19.3 Å². The van der Waals surface area contributed by atoms with Crippen LogP contribution < -0.4 is 10.2 Å². The Hall–Kier alpha value is -1.55. The highest BCUT2D eigenvalue weighted by Gasteiger charge is 2.24. The highest BCUT2D eigenvalue weighted by atomic mass is 35.5. The first-order valence-corrected chi connectivity index (χ1v) is 9.49. The number of rotatable bonds is 5. The summed E-state index contributed by atoms with van der Waals surface area (Å²) in [5.41, 5.74) is 1.91. The predicted octanol–water partition coefficient (Wildman–Crippen LogP) is 3.47. The molecule has 2 N–H and O–H groups in total. The maximum atomic E-state index is 12.3. The van der Waals surface area contributed by atoms with Crippen molar-refractivity contribution in [1.29, 1.82) is 0 Å². The number of carbonyl (C=O) groups is 1. The van der Waals surface area contributed by atoms with Gasteiger partial charge in [-0.3, -0.25) is 4.79 Å². The van der Waals surface area contributed by atoms with Gasteiger partial charge in [-0.1, -0.05) is 59.6 Å². The van der Waals surface area contributed by atoms with Gasteiger partial charge in [-0.2, -0.15) is 0 Å². The summed E-state index contributed by atoms with van der Waals surface area (Å²) in [7, 11) is 0. The molecule has 0 atom stereocenters. The van der Waals surface area contributed by atoms with Gasteiger partial charge in [0, 0.05) is 0 Å². The molecule has 0 spiro atoms. The van der Waals surface area contributed by atoms with E-state index in [0.29, 0.717) is 28.2 Å². The second-order valence-electron chi connectivity index (χ2n) is 6.70. The average molecular weight is 378 g/mol. The van der Waals surface area contributed by atoms with Crippen molar-refractivity contribution in [1.82, 2.24) is 0 Å². The Bertz CT molecular complexity index is 693. The number of quaternary nitrogens is 1. The van der Waals surface area contributed by atoms with Crippen LogP contribution in [-0.2, 0) is 11.2 Å². The van der Waals surface area contributed by atoms with Crippen LogP contribution in [0.3, 0.4) is 0 Å². The van der Waals surface area contributed by atoms with Crippen molar-refractivity contribution in [3.8, 4) is 0 Å². The molecule has 25 heavy (non-hydrogen) atoms. The fourth-order valence-corrected chi connectivity index (χ4v) is 3.93. The van der Waals surface area contributed by atoms with Gasteiger partial charge in [0.15, 0.2) is 6.54 Å². The zero-order chi connectivity index (χ0) is 17.6. The minimum atomic E-state index is -0.0356. The number of benzene rings is 2. The van der Waals surface area contributed by atoms with Gasteiger partial charge < -0.3 is 10.2 Å².